The lowest BCUT2D eigenvalue weighted by Gasteiger charge is -2.36. The van der Waals surface area contributed by atoms with E-state index in [0.717, 1.165) is 18.4 Å². The number of rotatable bonds is 8. The number of aromatic nitrogens is 2. The van der Waals surface area contributed by atoms with Crippen molar-refractivity contribution in [2.45, 2.75) is 31.7 Å². The molecule has 162 valence electrons. The van der Waals surface area contributed by atoms with Crippen LogP contribution in [-0.4, -0.2) is 78.3 Å². The van der Waals surface area contributed by atoms with Crippen LogP contribution in [-0.2, 0) is 16.0 Å². The summed E-state index contributed by atoms with van der Waals surface area (Å²) in [6.07, 6.45) is 2.24. The number of amides is 3. The van der Waals surface area contributed by atoms with E-state index >= 15 is 0 Å². The van der Waals surface area contributed by atoms with E-state index < -0.39 is 0 Å². The molecule has 2 heterocycles. The first-order valence-corrected chi connectivity index (χ1v) is 10.2. The van der Waals surface area contributed by atoms with Crippen molar-refractivity contribution in [2.75, 3.05) is 40.4 Å². The van der Waals surface area contributed by atoms with Crippen LogP contribution in [0.5, 0.6) is 0 Å². The molecule has 1 aliphatic heterocycles. The highest BCUT2D eigenvalue weighted by Gasteiger charge is 2.26. The van der Waals surface area contributed by atoms with Crippen LogP contribution in [0.15, 0.2) is 34.9 Å². The molecule has 1 aromatic carbocycles. The summed E-state index contributed by atoms with van der Waals surface area (Å²) in [4.78, 5) is 32.5. The van der Waals surface area contributed by atoms with E-state index in [2.05, 4.69) is 15.5 Å². The van der Waals surface area contributed by atoms with Crippen LogP contribution in [0.25, 0.3) is 11.4 Å². The third-order valence-electron chi connectivity index (χ3n) is 5.00. The zero-order valence-electron chi connectivity index (χ0n) is 17.5. The lowest BCUT2D eigenvalue weighted by Crippen LogP contribution is -2.50. The molecule has 1 aliphatic rings. The summed E-state index contributed by atoms with van der Waals surface area (Å²) in [5.41, 5.74) is 0.871. The summed E-state index contributed by atoms with van der Waals surface area (Å²) in [6, 6.07) is 9.63. The number of hydrogen-bond donors (Lipinski definition) is 1. The van der Waals surface area contributed by atoms with E-state index in [9.17, 15) is 9.59 Å². The molecule has 2 aromatic rings. The number of hydrogen-bond acceptors (Lipinski definition) is 6. The van der Waals surface area contributed by atoms with Gasteiger partial charge in [0.05, 0.1) is 0 Å². The van der Waals surface area contributed by atoms with Crippen molar-refractivity contribution in [2.24, 2.45) is 0 Å². The average Bonchev–Trinajstić information content (AvgIpc) is 3.25. The molecule has 0 spiro atoms. The molecule has 0 aliphatic carbocycles. The smallest absolute Gasteiger partial charge is 0.319 e. The first-order valence-electron chi connectivity index (χ1n) is 10.2. The summed E-state index contributed by atoms with van der Waals surface area (Å²) in [5.74, 6) is 0.828. The number of urea groups is 1. The normalized spacial score (nSPS) is 14.3. The monoisotopic (exact) mass is 415 g/mol. The largest absolute Gasteiger partial charge is 0.381 e. The second-order valence-corrected chi connectivity index (χ2v) is 7.44. The number of benzene rings is 1. The number of nitrogens with zero attached hydrogens (tertiary/aromatic N) is 4. The van der Waals surface area contributed by atoms with Crippen LogP contribution in [0.3, 0.4) is 0 Å². The average molecular weight is 415 g/mol. The Kier molecular flexibility index (Phi) is 7.78. The van der Waals surface area contributed by atoms with E-state index in [4.69, 9.17) is 9.26 Å². The quantitative estimate of drug-likeness (QED) is 0.707. The second-order valence-electron chi connectivity index (χ2n) is 7.44. The Bertz CT molecular complexity index is 818. The predicted octanol–water partition coefficient (Wildman–Crippen LogP) is 1.95. The van der Waals surface area contributed by atoms with Gasteiger partial charge in [0.2, 0.25) is 17.6 Å². The topological polar surface area (TPSA) is 101 Å². The number of aryl methyl sites for hydroxylation is 1. The van der Waals surface area contributed by atoms with Gasteiger partial charge in [-0.1, -0.05) is 35.5 Å². The highest BCUT2D eigenvalue weighted by molar-refractivity contribution is 5.76. The van der Waals surface area contributed by atoms with Crippen LogP contribution in [0.1, 0.15) is 25.2 Å². The number of carbonyl (C=O) groups excluding carboxylic acids is 2. The molecule has 0 radical (unpaired) electrons. The third kappa shape index (κ3) is 6.03. The zero-order chi connectivity index (χ0) is 21.3. The molecule has 3 rings (SSSR count). The first-order chi connectivity index (χ1) is 14.5. The fourth-order valence-corrected chi connectivity index (χ4v) is 3.37. The first kappa shape index (κ1) is 21.8. The Morgan fingerprint density at radius 2 is 1.90 bits per heavy atom. The van der Waals surface area contributed by atoms with Crippen molar-refractivity contribution in [3.8, 4) is 11.4 Å². The Labute approximate surface area is 176 Å². The summed E-state index contributed by atoms with van der Waals surface area (Å²) in [7, 11) is 3.47. The van der Waals surface area contributed by atoms with Crippen molar-refractivity contribution in [3.63, 3.8) is 0 Å². The van der Waals surface area contributed by atoms with Gasteiger partial charge in [-0.2, -0.15) is 4.98 Å². The van der Waals surface area contributed by atoms with Crippen molar-refractivity contribution in [3.05, 3.63) is 36.2 Å². The van der Waals surface area contributed by atoms with Gasteiger partial charge in [-0.05, 0) is 12.8 Å². The molecular weight excluding hydrogens is 386 g/mol. The molecule has 3 amide bonds. The summed E-state index contributed by atoms with van der Waals surface area (Å²) >= 11 is 0. The van der Waals surface area contributed by atoms with Crippen LogP contribution in [0, 0.1) is 0 Å². The summed E-state index contributed by atoms with van der Waals surface area (Å²) in [6.45, 7) is 2.17. The van der Waals surface area contributed by atoms with Gasteiger partial charge in [0.15, 0.2) is 0 Å². The molecule has 1 saturated heterocycles. The van der Waals surface area contributed by atoms with Gasteiger partial charge in [-0.25, -0.2) is 4.79 Å². The number of nitrogens with one attached hydrogen (secondary N) is 1. The van der Waals surface area contributed by atoms with Gasteiger partial charge in [-0.3, -0.25) is 4.79 Å². The maximum Gasteiger partial charge on any atom is 0.319 e. The van der Waals surface area contributed by atoms with Crippen LogP contribution in [0.4, 0.5) is 4.79 Å². The fraction of sp³-hybridized carbons (Fsp3) is 0.524. The molecule has 9 heteroatoms. The van der Waals surface area contributed by atoms with Crippen LogP contribution in [0.2, 0.25) is 0 Å². The van der Waals surface area contributed by atoms with Gasteiger partial charge in [0.25, 0.3) is 0 Å². The van der Waals surface area contributed by atoms with Gasteiger partial charge < -0.3 is 24.4 Å². The van der Waals surface area contributed by atoms with Crippen LogP contribution >= 0.6 is 0 Å². The Morgan fingerprint density at radius 1 is 1.17 bits per heavy atom. The number of ether oxygens (including phenoxy) is 1. The minimum atomic E-state index is -0.112. The summed E-state index contributed by atoms with van der Waals surface area (Å²) < 4.78 is 10.6. The van der Waals surface area contributed by atoms with Crippen molar-refractivity contribution in [1.82, 2.24) is 25.3 Å². The van der Waals surface area contributed by atoms with Crippen molar-refractivity contribution >= 4 is 11.9 Å². The minimum absolute atomic E-state index is 0.0459. The third-order valence-corrected chi connectivity index (χ3v) is 5.00. The SMILES string of the molecule is CN(C)C(=O)N(CCNC(=O)CCc1nc(-c2ccccc2)no1)C1CCOCC1. The Hall–Kier alpha value is -2.94. The maximum atomic E-state index is 12.5. The molecule has 1 aromatic heterocycles. The van der Waals surface area contributed by atoms with Gasteiger partial charge in [0, 0.05) is 64.8 Å². The van der Waals surface area contributed by atoms with Crippen LogP contribution < -0.4 is 5.32 Å². The second kappa shape index (κ2) is 10.7. The highest BCUT2D eigenvalue weighted by Crippen LogP contribution is 2.16. The Morgan fingerprint density at radius 3 is 2.60 bits per heavy atom. The van der Waals surface area contributed by atoms with Crippen molar-refractivity contribution in [1.29, 1.82) is 0 Å². The molecule has 9 nitrogen and oxygen atoms in total. The van der Waals surface area contributed by atoms with E-state index in [-0.39, 0.29) is 24.4 Å². The Balaban J connectivity index is 1.44. The van der Waals surface area contributed by atoms with E-state index in [1.807, 2.05) is 35.2 Å². The maximum absolute atomic E-state index is 12.5. The number of carbonyl (C=O) groups is 2. The molecular formula is C21H29N5O4. The standard InChI is InChI=1S/C21H29N5O4/c1-25(2)21(28)26(17-10-14-29-15-11-17)13-12-22-18(27)8-9-19-23-20(24-30-19)16-6-4-3-5-7-16/h3-7,17H,8-15H2,1-2H3,(H,22,27). The molecule has 0 atom stereocenters. The molecule has 0 saturated carbocycles. The molecule has 0 unspecified atom stereocenters. The zero-order valence-corrected chi connectivity index (χ0v) is 17.5. The molecule has 30 heavy (non-hydrogen) atoms. The van der Waals surface area contributed by atoms with E-state index in [1.165, 1.54) is 0 Å². The molecule has 1 N–H and O–H groups in total. The minimum Gasteiger partial charge on any atom is -0.381 e. The van der Waals surface area contributed by atoms with Gasteiger partial charge in [-0.15, -0.1) is 0 Å². The van der Waals surface area contributed by atoms with Gasteiger partial charge >= 0.3 is 6.03 Å². The van der Waals surface area contributed by atoms with Gasteiger partial charge in [0.1, 0.15) is 0 Å². The highest BCUT2D eigenvalue weighted by atomic mass is 16.5. The van der Waals surface area contributed by atoms with E-state index in [1.54, 1.807) is 19.0 Å². The predicted molar refractivity (Wildman–Crippen MR) is 111 cm³/mol. The summed E-state index contributed by atoms with van der Waals surface area (Å²) in [5, 5.41) is 6.84. The lowest BCUT2D eigenvalue weighted by atomic mass is 10.1. The lowest BCUT2D eigenvalue weighted by molar-refractivity contribution is -0.121. The fourth-order valence-electron chi connectivity index (χ4n) is 3.37. The van der Waals surface area contributed by atoms with Crippen molar-refractivity contribution < 1.29 is 18.8 Å². The molecule has 1 fully saturated rings. The molecule has 0 bridgehead atoms. The van der Waals surface area contributed by atoms with E-state index in [0.29, 0.717) is 44.4 Å².